The maximum Gasteiger partial charge on any atom is 0.258 e. The monoisotopic (exact) mass is 318 g/mol. The first-order chi connectivity index (χ1) is 9.29. The third-order valence-electron chi connectivity index (χ3n) is 3.01. The Balaban J connectivity index is 2.73. The Morgan fingerprint density at radius 3 is 2.60 bits per heavy atom. The van der Waals surface area contributed by atoms with Crippen molar-refractivity contribution in [2.75, 3.05) is 6.61 Å². The molecule has 0 saturated heterocycles. The molecular formula is C14H20Cl2N2O2. The summed E-state index contributed by atoms with van der Waals surface area (Å²) in [6, 6.07) is 3.24. The summed E-state index contributed by atoms with van der Waals surface area (Å²) in [5, 5.41) is 3.71. The summed E-state index contributed by atoms with van der Waals surface area (Å²) < 4.78 is 5.48. The summed E-state index contributed by atoms with van der Waals surface area (Å²) in [6.45, 7) is 6.02. The third kappa shape index (κ3) is 4.85. The van der Waals surface area contributed by atoms with Crippen LogP contribution in [0.2, 0.25) is 10.0 Å². The van der Waals surface area contributed by atoms with Crippen molar-refractivity contribution < 1.29 is 9.53 Å². The molecular weight excluding hydrogens is 299 g/mol. The predicted octanol–water partition coefficient (Wildman–Crippen LogP) is 3.14. The third-order valence-corrected chi connectivity index (χ3v) is 3.51. The molecule has 3 N–H and O–H groups in total. The molecule has 112 valence electrons. The van der Waals surface area contributed by atoms with Gasteiger partial charge in [-0.05, 0) is 32.4 Å². The molecule has 0 saturated carbocycles. The first kappa shape index (κ1) is 17.1. The second-order valence-electron chi connectivity index (χ2n) is 5.15. The van der Waals surface area contributed by atoms with Crippen molar-refractivity contribution >= 4 is 29.1 Å². The number of rotatable bonds is 6. The fraction of sp³-hybridized carbons (Fsp3) is 0.500. The average Bonchev–Trinajstić information content (AvgIpc) is 2.36. The van der Waals surface area contributed by atoms with Crippen molar-refractivity contribution in [1.29, 1.82) is 0 Å². The summed E-state index contributed by atoms with van der Waals surface area (Å²) in [4.78, 5) is 11.8. The van der Waals surface area contributed by atoms with E-state index in [1.165, 1.54) is 0 Å². The molecule has 0 aliphatic heterocycles. The SMILES string of the molecule is CCC(C)(C)NC(=O)COc1c(Cl)cc(Cl)cc1CN. The highest BCUT2D eigenvalue weighted by Gasteiger charge is 2.19. The molecule has 0 unspecified atom stereocenters. The zero-order chi connectivity index (χ0) is 15.3. The van der Waals surface area contributed by atoms with Crippen LogP contribution in [0.3, 0.4) is 0 Å². The van der Waals surface area contributed by atoms with Crippen LogP contribution in [0.25, 0.3) is 0 Å². The second-order valence-corrected chi connectivity index (χ2v) is 6.00. The zero-order valence-electron chi connectivity index (χ0n) is 11.9. The van der Waals surface area contributed by atoms with Gasteiger partial charge in [0.2, 0.25) is 0 Å². The minimum absolute atomic E-state index is 0.113. The van der Waals surface area contributed by atoms with E-state index in [9.17, 15) is 4.79 Å². The van der Waals surface area contributed by atoms with E-state index in [0.29, 0.717) is 21.4 Å². The highest BCUT2D eigenvalue weighted by Crippen LogP contribution is 2.32. The fourth-order valence-electron chi connectivity index (χ4n) is 1.57. The molecule has 6 heteroatoms. The predicted molar refractivity (Wildman–Crippen MR) is 82.4 cm³/mol. The number of halogens is 2. The van der Waals surface area contributed by atoms with E-state index in [-0.39, 0.29) is 24.6 Å². The van der Waals surface area contributed by atoms with Crippen LogP contribution in [0.15, 0.2) is 12.1 Å². The van der Waals surface area contributed by atoms with E-state index < -0.39 is 0 Å². The lowest BCUT2D eigenvalue weighted by molar-refractivity contribution is -0.124. The Bertz CT molecular complexity index is 490. The lowest BCUT2D eigenvalue weighted by Crippen LogP contribution is -2.44. The van der Waals surface area contributed by atoms with Gasteiger partial charge in [-0.3, -0.25) is 4.79 Å². The standard InChI is InChI=1S/C14H20Cl2N2O2/c1-4-14(2,3)18-12(19)8-20-13-9(7-17)5-10(15)6-11(13)16/h5-6H,4,7-8,17H2,1-3H3,(H,18,19). The molecule has 0 aliphatic rings. The van der Waals surface area contributed by atoms with Gasteiger partial charge in [0.1, 0.15) is 5.75 Å². The van der Waals surface area contributed by atoms with Crippen LogP contribution < -0.4 is 15.8 Å². The summed E-state index contributed by atoms with van der Waals surface area (Å²) >= 11 is 12.0. The molecule has 20 heavy (non-hydrogen) atoms. The van der Waals surface area contributed by atoms with Crippen LogP contribution in [0, 0.1) is 0 Å². The van der Waals surface area contributed by atoms with Gasteiger partial charge in [-0.25, -0.2) is 0 Å². The molecule has 0 fully saturated rings. The van der Waals surface area contributed by atoms with Gasteiger partial charge in [0.15, 0.2) is 6.61 Å². The van der Waals surface area contributed by atoms with Crippen molar-refractivity contribution in [1.82, 2.24) is 5.32 Å². The molecule has 1 rings (SSSR count). The molecule has 1 aromatic carbocycles. The lowest BCUT2D eigenvalue weighted by atomic mass is 10.0. The minimum atomic E-state index is -0.263. The molecule has 4 nitrogen and oxygen atoms in total. The molecule has 0 aliphatic carbocycles. The number of benzene rings is 1. The molecule has 1 aromatic rings. The van der Waals surface area contributed by atoms with Gasteiger partial charge >= 0.3 is 0 Å². The Morgan fingerprint density at radius 2 is 2.05 bits per heavy atom. The van der Waals surface area contributed by atoms with Gasteiger partial charge in [-0.15, -0.1) is 0 Å². The van der Waals surface area contributed by atoms with Crippen LogP contribution in [0.1, 0.15) is 32.8 Å². The van der Waals surface area contributed by atoms with Crippen LogP contribution in [-0.4, -0.2) is 18.1 Å². The van der Waals surface area contributed by atoms with Gasteiger partial charge < -0.3 is 15.8 Å². The Hall–Kier alpha value is -0.970. The van der Waals surface area contributed by atoms with Crippen LogP contribution in [-0.2, 0) is 11.3 Å². The van der Waals surface area contributed by atoms with Crippen molar-refractivity contribution in [3.8, 4) is 5.75 Å². The molecule has 0 atom stereocenters. The van der Waals surface area contributed by atoms with Crippen molar-refractivity contribution in [2.45, 2.75) is 39.3 Å². The van der Waals surface area contributed by atoms with Gasteiger partial charge in [0.25, 0.3) is 5.91 Å². The van der Waals surface area contributed by atoms with E-state index in [4.69, 9.17) is 33.7 Å². The maximum absolute atomic E-state index is 11.8. The molecule has 0 spiro atoms. The van der Waals surface area contributed by atoms with Gasteiger partial charge in [-0.1, -0.05) is 30.1 Å². The zero-order valence-corrected chi connectivity index (χ0v) is 13.4. The largest absolute Gasteiger partial charge is 0.482 e. The highest BCUT2D eigenvalue weighted by atomic mass is 35.5. The number of carbonyl (C=O) groups excluding carboxylic acids is 1. The number of carbonyl (C=O) groups is 1. The van der Waals surface area contributed by atoms with Crippen LogP contribution in [0.5, 0.6) is 5.75 Å². The number of hydrogen-bond donors (Lipinski definition) is 2. The normalized spacial score (nSPS) is 11.3. The van der Waals surface area contributed by atoms with Crippen molar-refractivity contribution in [2.24, 2.45) is 5.73 Å². The molecule has 0 bridgehead atoms. The lowest BCUT2D eigenvalue weighted by Gasteiger charge is -2.24. The number of nitrogens with two attached hydrogens (primary N) is 1. The number of hydrogen-bond acceptors (Lipinski definition) is 3. The number of ether oxygens (including phenoxy) is 1. The maximum atomic E-state index is 11.8. The van der Waals surface area contributed by atoms with E-state index in [2.05, 4.69) is 5.32 Å². The van der Waals surface area contributed by atoms with Crippen LogP contribution in [0.4, 0.5) is 0 Å². The minimum Gasteiger partial charge on any atom is -0.482 e. The van der Waals surface area contributed by atoms with E-state index in [1.54, 1.807) is 12.1 Å². The average molecular weight is 319 g/mol. The molecule has 1 amide bonds. The van der Waals surface area contributed by atoms with Crippen molar-refractivity contribution in [3.63, 3.8) is 0 Å². The number of amides is 1. The van der Waals surface area contributed by atoms with Gasteiger partial charge in [0.05, 0.1) is 5.02 Å². The van der Waals surface area contributed by atoms with Crippen LogP contribution >= 0.6 is 23.2 Å². The molecule has 0 heterocycles. The Kier molecular flexibility index (Phi) is 6.11. The topological polar surface area (TPSA) is 64.3 Å². The summed E-state index contributed by atoms with van der Waals surface area (Å²) in [5.41, 5.74) is 6.03. The summed E-state index contributed by atoms with van der Waals surface area (Å²) in [6.07, 6.45) is 0.828. The highest BCUT2D eigenvalue weighted by molar-refractivity contribution is 6.35. The number of nitrogens with one attached hydrogen (secondary N) is 1. The van der Waals surface area contributed by atoms with E-state index in [1.807, 2.05) is 20.8 Å². The fourth-order valence-corrected chi connectivity index (χ4v) is 2.16. The quantitative estimate of drug-likeness (QED) is 0.846. The first-order valence-electron chi connectivity index (χ1n) is 6.41. The molecule has 0 radical (unpaired) electrons. The van der Waals surface area contributed by atoms with Crippen molar-refractivity contribution in [3.05, 3.63) is 27.7 Å². The summed E-state index contributed by atoms with van der Waals surface area (Å²) in [5.74, 6) is 0.203. The summed E-state index contributed by atoms with van der Waals surface area (Å²) in [7, 11) is 0. The first-order valence-corrected chi connectivity index (χ1v) is 7.16. The van der Waals surface area contributed by atoms with Gasteiger partial charge in [-0.2, -0.15) is 0 Å². The Morgan fingerprint density at radius 1 is 1.40 bits per heavy atom. The van der Waals surface area contributed by atoms with E-state index in [0.717, 1.165) is 6.42 Å². The Labute approximate surface area is 129 Å². The second kappa shape index (κ2) is 7.16. The smallest absolute Gasteiger partial charge is 0.258 e. The van der Waals surface area contributed by atoms with E-state index >= 15 is 0 Å². The van der Waals surface area contributed by atoms with Gasteiger partial charge in [0, 0.05) is 22.7 Å². The molecule has 0 aromatic heterocycles.